The van der Waals surface area contributed by atoms with E-state index in [9.17, 15) is 9.59 Å². The Morgan fingerprint density at radius 1 is 1.36 bits per heavy atom. The molecule has 2 aromatic heterocycles. The van der Waals surface area contributed by atoms with Gasteiger partial charge in [-0.3, -0.25) is 4.79 Å². The zero-order valence-electron chi connectivity index (χ0n) is 13.0. The van der Waals surface area contributed by atoms with Crippen molar-refractivity contribution in [3.05, 3.63) is 33.5 Å². The number of amides is 1. The maximum absolute atomic E-state index is 12.4. The molecule has 0 fully saturated rings. The number of thiophene rings is 1. The summed E-state index contributed by atoms with van der Waals surface area (Å²) in [7, 11) is 0. The van der Waals surface area contributed by atoms with Gasteiger partial charge in [-0.1, -0.05) is 12.1 Å². The molecular formula is C15H18N2O4S. The number of nitrogens with one attached hydrogen (secondary N) is 1. The molecule has 2 rings (SSSR count). The van der Waals surface area contributed by atoms with Gasteiger partial charge in [-0.15, -0.1) is 11.3 Å². The molecule has 0 saturated heterocycles. The van der Waals surface area contributed by atoms with Crippen LogP contribution in [-0.2, 0) is 11.2 Å². The van der Waals surface area contributed by atoms with Crippen molar-refractivity contribution in [2.24, 2.45) is 0 Å². The molecule has 0 bridgehead atoms. The number of hydrogen-bond donors (Lipinski definition) is 1. The van der Waals surface area contributed by atoms with E-state index < -0.39 is 5.97 Å². The molecule has 2 aromatic rings. The van der Waals surface area contributed by atoms with Gasteiger partial charge in [-0.2, -0.15) is 0 Å². The van der Waals surface area contributed by atoms with Crippen LogP contribution < -0.4 is 5.32 Å². The number of aryl methyl sites for hydroxylation is 3. The van der Waals surface area contributed by atoms with Crippen LogP contribution in [0.4, 0.5) is 5.00 Å². The van der Waals surface area contributed by atoms with Crippen molar-refractivity contribution in [3.8, 4) is 0 Å². The van der Waals surface area contributed by atoms with E-state index in [0.717, 1.165) is 11.3 Å². The molecule has 22 heavy (non-hydrogen) atoms. The molecule has 0 atom stereocenters. The molecule has 0 spiro atoms. The molecule has 0 aliphatic heterocycles. The van der Waals surface area contributed by atoms with E-state index in [1.165, 1.54) is 11.3 Å². The Bertz CT molecular complexity index is 683. The highest BCUT2D eigenvalue weighted by molar-refractivity contribution is 7.16. The highest BCUT2D eigenvalue weighted by atomic mass is 32.1. The summed E-state index contributed by atoms with van der Waals surface area (Å²) in [5.41, 5.74) is 1.28. The van der Waals surface area contributed by atoms with Gasteiger partial charge < -0.3 is 14.6 Å². The normalized spacial score (nSPS) is 10.5. The van der Waals surface area contributed by atoms with Crippen molar-refractivity contribution in [1.29, 1.82) is 0 Å². The fourth-order valence-corrected chi connectivity index (χ4v) is 3.02. The Kier molecular flexibility index (Phi) is 4.97. The molecule has 118 valence electrons. The fourth-order valence-electron chi connectivity index (χ4n) is 2.04. The van der Waals surface area contributed by atoms with E-state index >= 15 is 0 Å². The third-order valence-corrected chi connectivity index (χ3v) is 4.31. The zero-order chi connectivity index (χ0) is 16.3. The molecule has 2 heterocycles. The Hall–Kier alpha value is -2.15. The first-order valence-electron chi connectivity index (χ1n) is 7.01. The summed E-state index contributed by atoms with van der Waals surface area (Å²) in [6, 6.07) is 1.76. The van der Waals surface area contributed by atoms with Crippen molar-refractivity contribution in [2.75, 3.05) is 11.9 Å². The predicted molar refractivity (Wildman–Crippen MR) is 83.6 cm³/mol. The van der Waals surface area contributed by atoms with E-state index in [1.807, 2.05) is 6.92 Å². The third-order valence-electron chi connectivity index (χ3n) is 3.11. The molecule has 7 heteroatoms. The molecule has 6 nitrogen and oxygen atoms in total. The van der Waals surface area contributed by atoms with Crippen molar-refractivity contribution in [2.45, 2.75) is 34.1 Å². The lowest BCUT2D eigenvalue weighted by atomic mass is 10.2. The highest BCUT2D eigenvalue weighted by Crippen LogP contribution is 2.30. The summed E-state index contributed by atoms with van der Waals surface area (Å²) in [4.78, 5) is 25.4. The maximum atomic E-state index is 12.4. The first-order valence-corrected chi connectivity index (χ1v) is 7.83. The second-order valence-electron chi connectivity index (χ2n) is 4.68. The molecular weight excluding hydrogens is 304 g/mol. The van der Waals surface area contributed by atoms with Crippen LogP contribution >= 0.6 is 11.3 Å². The number of esters is 1. The number of ether oxygens (including phenoxy) is 1. The Morgan fingerprint density at radius 2 is 2.09 bits per heavy atom. The van der Waals surface area contributed by atoms with Gasteiger partial charge in [0.15, 0.2) is 0 Å². The van der Waals surface area contributed by atoms with Crippen molar-refractivity contribution >= 4 is 28.2 Å². The van der Waals surface area contributed by atoms with Crippen LogP contribution in [-0.4, -0.2) is 23.6 Å². The largest absolute Gasteiger partial charge is 0.462 e. The molecule has 0 saturated carbocycles. The number of nitrogens with zero attached hydrogens (tertiary/aromatic N) is 1. The summed E-state index contributed by atoms with van der Waals surface area (Å²) in [6.07, 6.45) is 0.776. The Labute approximate surface area is 132 Å². The fraction of sp³-hybridized carbons (Fsp3) is 0.400. The van der Waals surface area contributed by atoms with Crippen LogP contribution in [0.25, 0.3) is 0 Å². The monoisotopic (exact) mass is 322 g/mol. The average Bonchev–Trinajstić information content (AvgIpc) is 3.02. The molecule has 0 aromatic carbocycles. The third kappa shape index (κ3) is 3.19. The minimum atomic E-state index is -0.437. The maximum Gasteiger partial charge on any atom is 0.341 e. The summed E-state index contributed by atoms with van der Waals surface area (Å²) >= 11 is 1.37. The molecule has 0 aliphatic carbocycles. The Morgan fingerprint density at radius 3 is 2.64 bits per heavy atom. The minimum Gasteiger partial charge on any atom is -0.462 e. The SMILES string of the molecule is CCOC(=O)c1cc(CC)sc1NC(=O)c1c(C)noc1C. The number of carbonyl (C=O) groups is 2. The number of rotatable bonds is 5. The van der Waals surface area contributed by atoms with E-state index in [-0.39, 0.29) is 12.5 Å². The second kappa shape index (κ2) is 6.74. The minimum absolute atomic E-state index is 0.285. The summed E-state index contributed by atoms with van der Waals surface area (Å²) in [5.74, 6) is -0.334. The topological polar surface area (TPSA) is 81.4 Å². The highest BCUT2D eigenvalue weighted by Gasteiger charge is 2.22. The molecule has 1 amide bonds. The Balaban J connectivity index is 2.30. The van der Waals surface area contributed by atoms with Crippen LogP contribution in [0, 0.1) is 13.8 Å². The summed E-state index contributed by atoms with van der Waals surface area (Å²) < 4.78 is 10.0. The standard InChI is InChI=1S/C15H18N2O4S/c1-5-10-7-11(15(19)20-6-2)14(22-10)16-13(18)12-8(3)17-21-9(12)4/h7H,5-6H2,1-4H3,(H,16,18). The van der Waals surface area contributed by atoms with Gasteiger partial charge in [0, 0.05) is 4.88 Å². The summed E-state index contributed by atoms with van der Waals surface area (Å²) in [6.45, 7) is 7.39. The lowest BCUT2D eigenvalue weighted by Crippen LogP contribution is -2.15. The van der Waals surface area contributed by atoms with Gasteiger partial charge in [0.1, 0.15) is 16.3 Å². The van der Waals surface area contributed by atoms with Gasteiger partial charge in [0.25, 0.3) is 5.91 Å². The van der Waals surface area contributed by atoms with Crippen LogP contribution in [0.2, 0.25) is 0 Å². The van der Waals surface area contributed by atoms with Gasteiger partial charge in [0.2, 0.25) is 0 Å². The molecule has 0 radical (unpaired) electrons. The number of anilines is 1. The van der Waals surface area contributed by atoms with Crippen molar-refractivity contribution in [1.82, 2.24) is 5.16 Å². The lowest BCUT2D eigenvalue weighted by Gasteiger charge is -2.05. The van der Waals surface area contributed by atoms with Gasteiger partial charge >= 0.3 is 5.97 Å². The number of hydrogen-bond acceptors (Lipinski definition) is 6. The lowest BCUT2D eigenvalue weighted by molar-refractivity contribution is 0.0528. The zero-order valence-corrected chi connectivity index (χ0v) is 13.8. The van der Waals surface area contributed by atoms with Crippen LogP contribution in [0.3, 0.4) is 0 Å². The smallest absolute Gasteiger partial charge is 0.341 e. The van der Waals surface area contributed by atoms with E-state index in [0.29, 0.717) is 27.6 Å². The van der Waals surface area contributed by atoms with Crippen LogP contribution in [0.15, 0.2) is 10.6 Å². The van der Waals surface area contributed by atoms with Gasteiger partial charge in [-0.05, 0) is 33.3 Å². The van der Waals surface area contributed by atoms with Crippen LogP contribution in [0.1, 0.15) is 50.9 Å². The van der Waals surface area contributed by atoms with E-state index in [2.05, 4.69) is 10.5 Å². The molecule has 1 N–H and O–H groups in total. The van der Waals surface area contributed by atoms with E-state index in [4.69, 9.17) is 9.26 Å². The van der Waals surface area contributed by atoms with E-state index in [1.54, 1.807) is 26.8 Å². The quantitative estimate of drug-likeness (QED) is 0.854. The number of carbonyl (C=O) groups excluding carboxylic acids is 2. The van der Waals surface area contributed by atoms with Crippen molar-refractivity contribution < 1.29 is 18.8 Å². The van der Waals surface area contributed by atoms with Crippen LogP contribution in [0.5, 0.6) is 0 Å². The summed E-state index contributed by atoms with van der Waals surface area (Å²) in [5, 5.41) is 7.02. The molecule has 0 unspecified atom stereocenters. The second-order valence-corrected chi connectivity index (χ2v) is 5.82. The number of aromatic nitrogens is 1. The molecule has 0 aliphatic rings. The van der Waals surface area contributed by atoms with Gasteiger partial charge in [0.05, 0.1) is 17.9 Å². The van der Waals surface area contributed by atoms with Gasteiger partial charge in [-0.25, -0.2) is 4.79 Å². The first kappa shape index (κ1) is 16.2. The first-order chi connectivity index (χ1) is 10.5. The van der Waals surface area contributed by atoms with Crippen molar-refractivity contribution in [3.63, 3.8) is 0 Å². The predicted octanol–water partition coefficient (Wildman–Crippen LogP) is 3.34. The average molecular weight is 322 g/mol.